The van der Waals surface area contributed by atoms with Crippen LogP contribution in [0.15, 0.2) is 36.5 Å². The summed E-state index contributed by atoms with van der Waals surface area (Å²) in [5.74, 6) is -0.596. The second kappa shape index (κ2) is 5.83. The van der Waals surface area contributed by atoms with Gasteiger partial charge in [-0.25, -0.2) is 9.07 Å². The third-order valence-electron chi connectivity index (χ3n) is 3.15. The van der Waals surface area contributed by atoms with Crippen molar-refractivity contribution < 1.29 is 14.3 Å². The SMILES string of the molecule is CC(CO)N(C)C(=O)c1ccn(-c2ccc(F)cc2)n1. The highest BCUT2D eigenvalue weighted by molar-refractivity contribution is 5.92. The maximum absolute atomic E-state index is 12.9. The Bertz CT molecular complexity index is 595. The van der Waals surface area contributed by atoms with Crippen molar-refractivity contribution in [2.24, 2.45) is 0 Å². The van der Waals surface area contributed by atoms with Crippen molar-refractivity contribution in [2.75, 3.05) is 13.7 Å². The smallest absolute Gasteiger partial charge is 0.274 e. The summed E-state index contributed by atoms with van der Waals surface area (Å²) in [5, 5.41) is 13.2. The lowest BCUT2D eigenvalue weighted by Gasteiger charge is -2.21. The van der Waals surface area contributed by atoms with Gasteiger partial charge in [0.2, 0.25) is 0 Å². The van der Waals surface area contributed by atoms with Crippen molar-refractivity contribution in [3.8, 4) is 5.69 Å². The van der Waals surface area contributed by atoms with Crippen LogP contribution in [0.1, 0.15) is 17.4 Å². The summed E-state index contributed by atoms with van der Waals surface area (Å²) in [6, 6.07) is 7.13. The zero-order chi connectivity index (χ0) is 14.7. The zero-order valence-corrected chi connectivity index (χ0v) is 11.3. The van der Waals surface area contributed by atoms with Crippen LogP contribution in [0.4, 0.5) is 4.39 Å². The highest BCUT2D eigenvalue weighted by Crippen LogP contribution is 2.10. The first kappa shape index (κ1) is 14.2. The Morgan fingerprint density at radius 3 is 2.65 bits per heavy atom. The second-order valence-electron chi connectivity index (χ2n) is 4.57. The quantitative estimate of drug-likeness (QED) is 0.920. The van der Waals surface area contributed by atoms with E-state index in [4.69, 9.17) is 5.11 Å². The minimum Gasteiger partial charge on any atom is -0.394 e. The molecule has 0 spiro atoms. The van der Waals surface area contributed by atoms with Crippen LogP contribution in [0.25, 0.3) is 5.69 Å². The molecule has 0 bridgehead atoms. The van der Waals surface area contributed by atoms with E-state index in [1.807, 2.05) is 0 Å². The van der Waals surface area contributed by atoms with Gasteiger partial charge >= 0.3 is 0 Å². The summed E-state index contributed by atoms with van der Waals surface area (Å²) in [5.41, 5.74) is 0.945. The Morgan fingerprint density at radius 1 is 1.40 bits per heavy atom. The molecule has 1 atom stereocenters. The molecule has 6 heteroatoms. The highest BCUT2D eigenvalue weighted by Gasteiger charge is 2.19. The predicted molar refractivity (Wildman–Crippen MR) is 72.2 cm³/mol. The number of carbonyl (C=O) groups is 1. The minimum absolute atomic E-state index is 0.110. The van der Waals surface area contributed by atoms with E-state index in [2.05, 4.69) is 5.10 Å². The predicted octanol–water partition coefficient (Wildman–Crippen LogP) is 1.46. The number of benzene rings is 1. The molecule has 0 fully saturated rings. The Hall–Kier alpha value is -2.21. The lowest BCUT2D eigenvalue weighted by molar-refractivity contribution is 0.0676. The number of amides is 1. The number of halogens is 1. The summed E-state index contributed by atoms with van der Waals surface area (Å²) in [6.07, 6.45) is 1.64. The van der Waals surface area contributed by atoms with Gasteiger partial charge in [0.05, 0.1) is 18.3 Å². The normalized spacial score (nSPS) is 12.2. The average Bonchev–Trinajstić information content (AvgIpc) is 2.95. The average molecular weight is 277 g/mol. The van der Waals surface area contributed by atoms with Gasteiger partial charge in [-0.2, -0.15) is 5.10 Å². The largest absolute Gasteiger partial charge is 0.394 e. The van der Waals surface area contributed by atoms with Crippen molar-refractivity contribution in [1.29, 1.82) is 0 Å². The van der Waals surface area contributed by atoms with E-state index in [9.17, 15) is 9.18 Å². The summed E-state index contributed by atoms with van der Waals surface area (Å²) >= 11 is 0. The molecule has 0 saturated carbocycles. The molecule has 5 nitrogen and oxygen atoms in total. The van der Waals surface area contributed by atoms with Crippen molar-refractivity contribution in [1.82, 2.24) is 14.7 Å². The Morgan fingerprint density at radius 2 is 2.05 bits per heavy atom. The molecule has 0 radical (unpaired) electrons. The molecule has 1 heterocycles. The van der Waals surface area contributed by atoms with Crippen LogP contribution >= 0.6 is 0 Å². The van der Waals surface area contributed by atoms with Gasteiger partial charge in [0.25, 0.3) is 5.91 Å². The maximum atomic E-state index is 12.9. The Kier molecular flexibility index (Phi) is 4.14. The van der Waals surface area contributed by atoms with Crippen LogP contribution in [-0.4, -0.2) is 45.4 Å². The summed E-state index contributed by atoms with van der Waals surface area (Å²) in [4.78, 5) is 13.6. The van der Waals surface area contributed by atoms with Gasteiger partial charge in [-0.3, -0.25) is 4.79 Å². The van der Waals surface area contributed by atoms with Crippen molar-refractivity contribution in [2.45, 2.75) is 13.0 Å². The number of likely N-dealkylation sites (N-methyl/N-ethyl adjacent to an activating group) is 1. The molecule has 0 aliphatic heterocycles. The molecule has 106 valence electrons. The molecular weight excluding hydrogens is 261 g/mol. The molecule has 1 aromatic heterocycles. The van der Waals surface area contributed by atoms with Gasteiger partial charge in [0.1, 0.15) is 5.82 Å². The van der Waals surface area contributed by atoms with E-state index in [-0.39, 0.29) is 30.1 Å². The second-order valence-corrected chi connectivity index (χ2v) is 4.57. The minimum atomic E-state index is -0.325. The molecule has 20 heavy (non-hydrogen) atoms. The number of carbonyl (C=O) groups excluding carboxylic acids is 1. The standard InChI is InChI=1S/C14H16FN3O2/c1-10(9-19)17(2)14(20)13-7-8-18(16-13)12-5-3-11(15)4-6-12/h3-8,10,19H,9H2,1-2H3. The molecule has 1 aromatic carbocycles. The van der Waals surface area contributed by atoms with E-state index < -0.39 is 0 Å². The lowest BCUT2D eigenvalue weighted by atomic mass is 10.3. The van der Waals surface area contributed by atoms with Gasteiger partial charge in [-0.05, 0) is 37.3 Å². The molecule has 1 unspecified atom stereocenters. The number of aliphatic hydroxyl groups excluding tert-OH is 1. The van der Waals surface area contributed by atoms with Crippen LogP contribution in [0.5, 0.6) is 0 Å². The summed E-state index contributed by atoms with van der Waals surface area (Å²) in [6.45, 7) is 1.63. The molecule has 1 amide bonds. The molecule has 1 N–H and O–H groups in total. The molecular formula is C14H16FN3O2. The number of hydrogen-bond acceptors (Lipinski definition) is 3. The van der Waals surface area contributed by atoms with Crippen LogP contribution in [0.2, 0.25) is 0 Å². The van der Waals surface area contributed by atoms with E-state index >= 15 is 0 Å². The van der Waals surface area contributed by atoms with Gasteiger partial charge in [0, 0.05) is 13.2 Å². The Balaban J connectivity index is 2.20. The molecule has 2 aromatic rings. The van der Waals surface area contributed by atoms with Gasteiger partial charge in [-0.15, -0.1) is 0 Å². The number of aromatic nitrogens is 2. The van der Waals surface area contributed by atoms with E-state index in [0.29, 0.717) is 5.69 Å². The van der Waals surface area contributed by atoms with Crippen LogP contribution in [-0.2, 0) is 0 Å². The van der Waals surface area contributed by atoms with Crippen molar-refractivity contribution >= 4 is 5.91 Å². The number of nitrogens with zero attached hydrogens (tertiary/aromatic N) is 3. The maximum Gasteiger partial charge on any atom is 0.274 e. The monoisotopic (exact) mass is 277 g/mol. The Labute approximate surface area is 116 Å². The molecule has 0 aliphatic rings. The van der Waals surface area contributed by atoms with Gasteiger partial charge in [-0.1, -0.05) is 0 Å². The number of rotatable bonds is 4. The third-order valence-corrected chi connectivity index (χ3v) is 3.15. The lowest BCUT2D eigenvalue weighted by Crippen LogP contribution is -2.37. The number of aliphatic hydroxyl groups is 1. The van der Waals surface area contributed by atoms with E-state index in [1.54, 1.807) is 38.4 Å². The van der Waals surface area contributed by atoms with E-state index in [0.717, 1.165) is 0 Å². The van der Waals surface area contributed by atoms with Crippen LogP contribution < -0.4 is 0 Å². The fraction of sp³-hybridized carbons (Fsp3) is 0.286. The van der Waals surface area contributed by atoms with Gasteiger partial charge < -0.3 is 10.0 Å². The van der Waals surface area contributed by atoms with Crippen molar-refractivity contribution in [3.63, 3.8) is 0 Å². The first-order chi connectivity index (χ1) is 9.52. The number of hydrogen-bond donors (Lipinski definition) is 1. The third kappa shape index (κ3) is 2.85. The summed E-state index contributed by atoms with van der Waals surface area (Å²) in [7, 11) is 1.61. The zero-order valence-electron chi connectivity index (χ0n) is 11.3. The molecule has 0 saturated heterocycles. The topological polar surface area (TPSA) is 58.4 Å². The summed E-state index contributed by atoms with van der Waals surface area (Å²) < 4.78 is 14.4. The van der Waals surface area contributed by atoms with Gasteiger partial charge in [0.15, 0.2) is 5.69 Å². The van der Waals surface area contributed by atoms with Crippen LogP contribution in [0.3, 0.4) is 0 Å². The highest BCUT2D eigenvalue weighted by atomic mass is 19.1. The fourth-order valence-electron chi connectivity index (χ4n) is 1.68. The fourth-order valence-corrected chi connectivity index (χ4v) is 1.68. The van der Waals surface area contributed by atoms with Crippen molar-refractivity contribution in [3.05, 3.63) is 48.0 Å². The first-order valence-corrected chi connectivity index (χ1v) is 6.22. The van der Waals surface area contributed by atoms with E-state index in [1.165, 1.54) is 21.7 Å². The molecule has 0 aliphatic carbocycles. The molecule has 2 rings (SSSR count). The van der Waals surface area contributed by atoms with Crippen LogP contribution in [0, 0.1) is 5.82 Å². The first-order valence-electron chi connectivity index (χ1n) is 6.22.